The van der Waals surface area contributed by atoms with Gasteiger partial charge >= 0.3 is 5.97 Å². The molecule has 5 nitrogen and oxygen atoms in total. The number of hydrogen-bond acceptors (Lipinski definition) is 3. The van der Waals surface area contributed by atoms with Crippen molar-refractivity contribution in [2.75, 3.05) is 18.8 Å². The van der Waals surface area contributed by atoms with E-state index < -0.39 is 23.6 Å². The van der Waals surface area contributed by atoms with Gasteiger partial charge in [0.1, 0.15) is 5.82 Å². The summed E-state index contributed by atoms with van der Waals surface area (Å²) in [6, 6.07) is 3.60. The van der Waals surface area contributed by atoms with Crippen LogP contribution in [0, 0.1) is 11.7 Å². The van der Waals surface area contributed by atoms with Gasteiger partial charge < -0.3 is 15.7 Å². The van der Waals surface area contributed by atoms with Crippen LogP contribution in [0.25, 0.3) is 0 Å². The molecule has 1 atom stereocenters. The Balaban J connectivity index is 2.19. The number of amides is 1. The third-order valence-electron chi connectivity index (χ3n) is 3.30. The Bertz CT molecular complexity index is 519. The predicted octanol–water partition coefficient (Wildman–Crippen LogP) is 1.34. The molecule has 3 N–H and O–H groups in total. The molecule has 19 heavy (non-hydrogen) atoms. The summed E-state index contributed by atoms with van der Waals surface area (Å²) in [5.41, 5.74) is 5.95. The summed E-state index contributed by atoms with van der Waals surface area (Å²) in [5.74, 6) is -2.43. The number of carboxylic acid groups (broad SMARTS) is 1. The topological polar surface area (TPSA) is 83.6 Å². The number of carbonyl (C=O) groups is 2. The van der Waals surface area contributed by atoms with Crippen molar-refractivity contribution in [2.24, 2.45) is 5.92 Å². The highest BCUT2D eigenvalue weighted by molar-refractivity contribution is 5.99. The van der Waals surface area contributed by atoms with E-state index in [1.165, 1.54) is 17.0 Å². The SMILES string of the molecule is Nc1ccc(F)cc1C(=O)N1CCC[C@H](C(=O)O)C1. The van der Waals surface area contributed by atoms with Crippen molar-refractivity contribution in [1.29, 1.82) is 0 Å². The van der Waals surface area contributed by atoms with Gasteiger partial charge in [-0.05, 0) is 31.0 Å². The van der Waals surface area contributed by atoms with E-state index in [2.05, 4.69) is 0 Å². The van der Waals surface area contributed by atoms with Gasteiger partial charge in [-0.3, -0.25) is 9.59 Å². The zero-order chi connectivity index (χ0) is 14.0. The first-order chi connectivity index (χ1) is 8.99. The third-order valence-corrected chi connectivity index (χ3v) is 3.30. The second kappa shape index (κ2) is 5.26. The van der Waals surface area contributed by atoms with Crippen molar-refractivity contribution in [3.63, 3.8) is 0 Å². The number of carbonyl (C=O) groups excluding carboxylic acids is 1. The molecule has 0 unspecified atom stereocenters. The number of likely N-dealkylation sites (tertiary alicyclic amines) is 1. The maximum absolute atomic E-state index is 13.2. The van der Waals surface area contributed by atoms with Crippen LogP contribution in [0.15, 0.2) is 18.2 Å². The van der Waals surface area contributed by atoms with Crippen LogP contribution in [0.5, 0.6) is 0 Å². The average molecular weight is 266 g/mol. The van der Waals surface area contributed by atoms with Crippen LogP contribution >= 0.6 is 0 Å². The first-order valence-corrected chi connectivity index (χ1v) is 6.06. The van der Waals surface area contributed by atoms with Crippen LogP contribution < -0.4 is 5.73 Å². The molecule has 0 spiro atoms. The number of aliphatic carboxylic acids is 1. The molecule has 1 aromatic carbocycles. The number of benzene rings is 1. The molecule has 1 fully saturated rings. The lowest BCUT2D eigenvalue weighted by molar-refractivity contribution is -0.143. The number of nitrogen functional groups attached to an aromatic ring is 1. The molecule has 1 heterocycles. The fourth-order valence-corrected chi connectivity index (χ4v) is 2.25. The minimum atomic E-state index is -0.912. The fourth-order valence-electron chi connectivity index (χ4n) is 2.25. The van der Waals surface area contributed by atoms with Crippen molar-refractivity contribution >= 4 is 17.6 Å². The predicted molar refractivity (Wildman–Crippen MR) is 67.1 cm³/mol. The number of piperidine rings is 1. The number of rotatable bonds is 2. The minimum Gasteiger partial charge on any atom is -0.481 e. The fraction of sp³-hybridized carbons (Fsp3) is 0.385. The molecule has 0 aromatic heterocycles. The van der Waals surface area contributed by atoms with E-state index in [-0.39, 0.29) is 17.8 Å². The normalized spacial score (nSPS) is 19.2. The van der Waals surface area contributed by atoms with Crippen LogP contribution in [0.2, 0.25) is 0 Å². The molecule has 1 aliphatic heterocycles. The minimum absolute atomic E-state index is 0.0889. The highest BCUT2D eigenvalue weighted by atomic mass is 19.1. The van der Waals surface area contributed by atoms with Gasteiger partial charge in [-0.2, -0.15) is 0 Å². The van der Waals surface area contributed by atoms with E-state index in [9.17, 15) is 14.0 Å². The number of hydrogen-bond donors (Lipinski definition) is 2. The maximum atomic E-state index is 13.2. The van der Waals surface area contributed by atoms with Crippen molar-refractivity contribution < 1.29 is 19.1 Å². The van der Waals surface area contributed by atoms with E-state index >= 15 is 0 Å². The van der Waals surface area contributed by atoms with Crippen LogP contribution in [-0.4, -0.2) is 35.0 Å². The molecule has 6 heteroatoms. The Morgan fingerprint density at radius 2 is 2.16 bits per heavy atom. The van der Waals surface area contributed by atoms with Gasteiger partial charge in [-0.1, -0.05) is 0 Å². The number of anilines is 1. The number of halogens is 1. The van der Waals surface area contributed by atoms with Gasteiger partial charge in [0, 0.05) is 18.8 Å². The van der Waals surface area contributed by atoms with E-state index in [0.29, 0.717) is 19.4 Å². The molecular weight excluding hydrogens is 251 g/mol. The Kier molecular flexibility index (Phi) is 3.69. The van der Waals surface area contributed by atoms with E-state index in [0.717, 1.165) is 6.07 Å². The molecule has 1 aliphatic rings. The second-order valence-electron chi connectivity index (χ2n) is 4.66. The zero-order valence-electron chi connectivity index (χ0n) is 10.3. The molecule has 0 bridgehead atoms. The highest BCUT2D eigenvalue weighted by Gasteiger charge is 2.29. The molecule has 0 radical (unpaired) electrons. The monoisotopic (exact) mass is 266 g/mol. The Morgan fingerprint density at radius 1 is 1.42 bits per heavy atom. The molecule has 1 amide bonds. The molecule has 0 saturated carbocycles. The van der Waals surface area contributed by atoms with E-state index in [4.69, 9.17) is 10.8 Å². The standard InChI is InChI=1S/C13H15FN2O3/c14-9-3-4-11(15)10(6-9)12(17)16-5-1-2-8(7-16)13(18)19/h3-4,6,8H,1-2,5,7,15H2,(H,18,19)/t8-/m0/s1. The average Bonchev–Trinajstić information content (AvgIpc) is 2.41. The molecular formula is C13H15FN2O3. The quantitative estimate of drug-likeness (QED) is 0.791. The Labute approximate surface area is 109 Å². The van der Waals surface area contributed by atoms with Crippen LogP contribution in [0.4, 0.5) is 10.1 Å². The molecule has 102 valence electrons. The highest BCUT2D eigenvalue weighted by Crippen LogP contribution is 2.21. The van der Waals surface area contributed by atoms with Crippen LogP contribution in [0.1, 0.15) is 23.2 Å². The largest absolute Gasteiger partial charge is 0.481 e. The lowest BCUT2D eigenvalue weighted by atomic mass is 9.97. The van der Waals surface area contributed by atoms with Crippen molar-refractivity contribution in [1.82, 2.24) is 4.90 Å². The number of nitrogens with two attached hydrogens (primary N) is 1. The first kappa shape index (κ1) is 13.3. The van der Waals surface area contributed by atoms with Crippen molar-refractivity contribution in [3.05, 3.63) is 29.6 Å². The van der Waals surface area contributed by atoms with Crippen LogP contribution in [0.3, 0.4) is 0 Å². The second-order valence-corrected chi connectivity index (χ2v) is 4.66. The molecule has 0 aliphatic carbocycles. The van der Waals surface area contributed by atoms with Gasteiger partial charge in [0.05, 0.1) is 11.5 Å². The molecule has 2 rings (SSSR count). The third kappa shape index (κ3) is 2.83. The summed E-state index contributed by atoms with van der Waals surface area (Å²) in [4.78, 5) is 24.6. The lowest BCUT2D eigenvalue weighted by Gasteiger charge is -2.31. The van der Waals surface area contributed by atoms with Gasteiger partial charge in [-0.25, -0.2) is 4.39 Å². The van der Waals surface area contributed by atoms with E-state index in [1.54, 1.807) is 0 Å². The summed E-state index contributed by atoms with van der Waals surface area (Å²) in [6.45, 7) is 0.614. The summed E-state index contributed by atoms with van der Waals surface area (Å²) in [5, 5.41) is 8.98. The zero-order valence-corrected chi connectivity index (χ0v) is 10.3. The van der Waals surface area contributed by atoms with Crippen molar-refractivity contribution in [2.45, 2.75) is 12.8 Å². The first-order valence-electron chi connectivity index (χ1n) is 6.06. The summed E-state index contributed by atoms with van der Waals surface area (Å²) in [6.07, 6.45) is 1.18. The maximum Gasteiger partial charge on any atom is 0.308 e. The molecule has 1 aromatic rings. The van der Waals surface area contributed by atoms with Gasteiger partial charge in [0.25, 0.3) is 5.91 Å². The number of nitrogens with zero attached hydrogens (tertiary/aromatic N) is 1. The van der Waals surface area contributed by atoms with Crippen molar-refractivity contribution in [3.8, 4) is 0 Å². The van der Waals surface area contributed by atoms with E-state index in [1.807, 2.05) is 0 Å². The Hall–Kier alpha value is -2.11. The summed E-state index contributed by atoms with van der Waals surface area (Å²) in [7, 11) is 0. The van der Waals surface area contributed by atoms with Gasteiger partial charge in [0.15, 0.2) is 0 Å². The van der Waals surface area contributed by atoms with Gasteiger partial charge in [-0.15, -0.1) is 0 Å². The lowest BCUT2D eigenvalue weighted by Crippen LogP contribution is -2.42. The smallest absolute Gasteiger partial charge is 0.308 e. The van der Waals surface area contributed by atoms with Gasteiger partial charge in [0.2, 0.25) is 0 Å². The number of carboxylic acids is 1. The Morgan fingerprint density at radius 3 is 2.84 bits per heavy atom. The molecule has 1 saturated heterocycles. The summed E-state index contributed by atoms with van der Waals surface area (Å²) < 4.78 is 13.2. The van der Waals surface area contributed by atoms with Crippen LogP contribution in [-0.2, 0) is 4.79 Å². The summed E-state index contributed by atoms with van der Waals surface area (Å²) >= 11 is 0.